The Morgan fingerprint density at radius 2 is 1.90 bits per heavy atom. The highest BCUT2D eigenvalue weighted by Crippen LogP contribution is 2.37. The number of hydrogen-bond acceptors (Lipinski definition) is 1. The SMILES string of the molecule is CCCCCCC1CCC(c2cccc(C#N)c2)CC1. The maximum atomic E-state index is 8.99. The number of rotatable bonds is 6. The van der Waals surface area contributed by atoms with Crippen molar-refractivity contribution in [2.75, 3.05) is 0 Å². The van der Waals surface area contributed by atoms with Gasteiger partial charge in [0.2, 0.25) is 0 Å². The van der Waals surface area contributed by atoms with Crippen molar-refractivity contribution in [3.8, 4) is 6.07 Å². The molecule has 2 rings (SSSR count). The first kappa shape index (κ1) is 15.1. The summed E-state index contributed by atoms with van der Waals surface area (Å²) in [7, 11) is 0. The first-order chi connectivity index (χ1) is 9.83. The van der Waals surface area contributed by atoms with Crippen LogP contribution in [-0.2, 0) is 0 Å². The molecule has 1 aliphatic carbocycles. The molecule has 0 saturated heterocycles. The quantitative estimate of drug-likeness (QED) is 0.598. The van der Waals surface area contributed by atoms with E-state index < -0.39 is 0 Å². The highest BCUT2D eigenvalue weighted by Gasteiger charge is 2.22. The molecule has 0 heterocycles. The molecule has 1 fully saturated rings. The van der Waals surface area contributed by atoms with E-state index in [-0.39, 0.29) is 0 Å². The molecule has 1 aliphatic rings. The number of nitriles is 1. The molecule has 0 radical (unpaired) electrons. The van der Waals surface area contributed by atoms with E-state index in [1.807, 2.05) is 12.1 Å². The minimum absolute atomic E-state index is 0.690. The Hall–Kier alpha value is -1.29. The van der Waals surface area contributed by atoms with Gasteiger partial charge in [-0.05, 0) is 55.2 Å². The molecular weight excluding hydrogens is 242 g/mol. The zero-order chi connectivity index (χ0) is 14.2. The van der Waals surface area contributed by atoms with Crippen LogP contribution in [0.4, 0.5) is 0 Å². The summed E-state index contributed by atoms with van der Waals surface area (Å²) in [4.78, 5) is 0. The molecule has 0 bridgehead atoms. The van der Waals surface area contributed by atoms with Crippen molar-refractivity contribution in [1.82, 2.24) is 0 Å². The van der Waals surface area contributed by atoms with Crippen molar-refractivity contribution >= 4 is 0 Å². The lowest BCUT2D eigenvalue weighted by molar-refractivity contribution is 0.302. The number of hydrogen-bond donors (Lipinski definition) is 0. The molecule has 0 aliphatic heterocycles. The van der Waals surface area contributed by atoms with E-state index in [1.54, 1.807) is 0 Å². The zero-order valence-corrected chi connectivity index (χ0v) is 12.8. The summed E-state index contributed by atoms with van der Waals surface area (Å²) in [6, 6.07) is 10.5. The summed E-state index contributed by atoms with van der Waals surface area (Å²) < 4.78 is 0. The largest absolute Gasteiger partial charge is 0.192 e. The van der Waals surface area contributed by atoms with Gasteiger partial charge in [0, 0.05) is 0 Å². The van der Waals surface area contributed by atoms with Crippen molar-refractivity contribution in [2.45, 2.75) is 70.6 Å². The molecular formula is C19H27N. The topological polar surface area (TPSA) is 23.8 Å². The van der Waals surface area contributed by atoms with E-state index in [1.165, 1.54) is 63.4 Å². The smallest absolute Gasteiger partial charge is 0.0991 e. The molecule has 108 valence electrons. The van der Waals surface area contributed by atoms with Crippen LogP contribution in [0.2, 0.25) is 0 Å². The summed E-state index contributed by atoms with van der Waals surface area (Å²) in [5, 5.41) is 8.99. The fourth-order valence-corrected chi connectivity index (χ4v) is 3.51. The van der Waals surface area contributed by atoms with Gasteiger partial charge in [-0.25, -0.2) is 0 Å². The van der Waals surface area contributed by atoms with E-state index in [0.29, 0.717) is 5.92 Å². The Morgan fingerprint density at radius 1 is 1.10 bits per heavy atom. The Labute approximate surface area is 124 Å². The Balaban J connectivity index is 1.77. The highest BCUT2D eigenvalue weighted by atomic mass is 14.3. The summed E-state index contributed by atoms with van der Waals surface area (Å²) in [6.07, 6.45) is 12.4. The van der Waals surface area contributed by atoms with Crippen LogP contribution >= 0.6 is 0 Å². The number of unbranched alkanes of at least 4 members (excludes halogenated alkanes) is 3. The fraction of sp³-hybridized carbons (Fsp3) is 0.632. The molecule has 1 nitrogen and oxygen atoms in total. The molecule has 20 heavy (non-hydrogen) atoms. The second-order valence-electron chi connectivity index (χ2n) is 6.30. The highest BCUT2D eigenvalue weighted by molar-refractivity contribution is 5.34. The first-order valence-corrected chi connectivity index (χ1v) is 8.33. The second-order valence-corrected chi connectivity index (χ2v) is 6.30. The zero-order valence-electron chi connectivity index (χ0n) is 12.8. The van der Waals surface area contributed by atoms with Gasteiger partial charge in [-0.15, -0.1) is 0 Å². The van der Waals surface area contributed by atoms with Gasteiger partial charge in [-0.1, -0.05) is 51.2 Å². The molecule has 1 aromatic rings. The maximum absolute atomic E-state index is 8.99. The van der Waals surface area contributed by atoms with Crippen molar-refractivity contribution in [3.63, 3.8) is 0 Å². The number of nitrogens with zero attached hydrogens (tertiary/aromatic N) is 1. The molecule has 0 unspecified atom stereocenters. The van der Waals surface area contributed by atoms with E-state index in [4.69, 9.17) is 5.26 Å². The third-order valence-corrected chi connectivity index (χ3v) is 4.80. The van der Waals surface area contributed by atoms with E-state index in [9.17, 15) is 0 Å². The van der Waals surface area contributed by atoms with Crippen molar-refractivity contribution < 1.29 is 0 Å². The third-order valence-electron chi connectivity index (χ3n) is 4.80. The summed E-state index contributed by atoms with van der Waals surface area (Å²) >= 11 is 0. The third kappa shape index (κ3) is 4.37. The monoisotopic (exact) mass is 269 g/mol. The fourth-order valence-electron chi connectivity index (χ4n) is 3.51. The van der Waals surface area contributed by atoms with Gasteiger partial charge in [0.05, 0.1) is 11.6 Å². The molecule has 1 heteroatoms. The Morgan fingerprint density at radius 3 is 2.60 bits per heavy atom. The van der Waals surface area contributed by atoms with E-state index in [0.717, 1.165) is 11.5 Å². The molecule has 0 atom stereocenters. The standard InChI is InChI=1S/C19H27N/c1-2-3-4-5-7-16-10-12-18(13-11-16)19-9-6-8-17(14-19)15-20/h6,8-9,14,16,18H,2-5,7,10-13H2,1H3. The van der Waals surface area contributed by atoms with E-state index in [2.05, 4.69) is 25.1 Å². The van der Waals surface area contributed by atoms with Crippen molar-refractivity contribution in [3.05, 3.63) is 35.4 Å². The lowest BCUT2D eigenvalue weighted by Crippen LogP contribution is -2.13. The minimum Gasteiger partial charge on any atom is -0.192 e. The van der Waals surface area contributed by atoms with Crippen LogP contribution in [0.15, 0.2) is 24.3 Å². The van der Waals surface area contributed by atoms with Crippen molar-refractivity contribution in [1.29, 1.82) is 5.26 Å². The lowest BCUT2D eigenvalue weighted by atomic mass is 9.77. The molecule has 0 amide bonds. The predicted molar refractivity (Wildman–Crippen MR) is 84.6 cm³/mol. The lowest BCUT2D eigenvalue weighted by Gasteiger charge is -2.29. The second kappa shape index (κ2) is 8.10. The van der Waals surface area contributed by atoms with Crippen LogP contribution in [0, 0.1) is 17.2 Å². The van der Waals surface area contributed by atoms with Crippen LogP contribution in [-0.4, -0.2) is 0 Å². The molecule has 1 aromatic carbocycles. The predicted octanol–water partition coefficient (Wildman–Crippen LogP) is 5.80. The minimum atomic E-state index is 0.690. The molecule has 0 N–H and O–H groups in total. The van der Waals surface area contributed by atoms with Crippen LogP contribution < -0.4 is 0 Å². The first-order valence-electron chi connectivity index (χ1n) is 8.33. The molecule has 1 saturated carbocycles. The normalized spacial score (nSPS) is 22.4. The Kier molecular flexibility index (Phi) is 6.12. The van der Waals surface area contributed by atoms with Gasteiger partial charge in [-0.3, -0.25) is 0 Å². The van der Waals surface area contributed by atoms with Crippen LogP contribution in [0.3, 0.4) is 0 Å². The average molecular weight is 269 g/mol. The van der Waals surface area contributed by atoms with Gasteiger partial charge >= 0.3 is 0 Å². The van der Waals surface area contributed by atoms with Crippen LogP contribution in [0.5, 0.6) is 0 Å². The van der Waals surface area contributed by atoms with Crippen molar-refractivity contribution in [2.24, 2.45) is 5.92 Å². The van der Waals surface area contributed by atoms with Gasteiger partial charge in [-0.2, -0.15) is 5.26 Å². The van der Waals surface area contributed by atoms with Gasteiger partial charge in [0.1, 0.15) is 0 Å². The van der Waals surface area contributed by atoms with Gasteiger partial charge in [0.25, 0.3) is 0 Å². The summed E-state index contributed by atoms with van der Waals surface area (Å²) in [6.45, 7) is 2.28. The van der Waals surface area contributed by atoms with Gasteiger partial charge in [0.15, 0.2) is 0 Å². The maximum Gasteiger partial charge on any atom is 0.0991 e. The average Bonchev–Trinajstić information content (AvgIpc) is 2.52. The van der Waals surface area contributed by atoms with E-state index >= 15 is 0 Å². The van der Waals surface area contributed by atoms with Crippen LogP contribution in [0.25, 0.3) is 0 Å². The Bertz CT molecular complexity index is 435. The number of benzene rings is 1. The summed E-state index contributed by atoms with van der Waals surface area (Å²) in [5.74, 6) is 1.65. The summed E-state index contributed by atoms with van der Waals surface area (Å²) in [5.41, 5.74) is 2.19. The molecule has 0 aromatic heterocycles. The van der Waals surface area contributed by atoms with Gasteiger partial charge < -0.3 is 0 Å². The van der Waals surface area contributed by atoms with Crippen LogP contribution in [0.1, 0.15) is 81.8 Å². The molecule has 0 spiro atoms.